The molecule has 1 atom stereocenters. The Balaban J connectivity index is 2.11. The Hall–Kier alpha value is -1.36. The van der Waals surface area contributed by atoms with E-state index < -0.39 is 12.0 Å². The molecule has 176 valence electrons. The molecular formula is C26H42BrNO3. The summed E-state index contributed by atoms with van der Waals surface area (Å²) in [5.74, 6) is -0.479. The lowest BCUT2D eigenvalue weighted by Gasteiger charge is -2.17. The molecule has 1 N–H and O–H groups in total. The molecule has 1 aromatic rings. The van der Waals surface area contributed by atoms with Crippen LogP contribution in [0.1, 0.15) is 102 Å². The van der Waals surface area contributed by atoms with E-state index in [0.717, 1.165) is 22.9 Å². The Morgan fingerprint density at radius 3 is 1.97 bits per heavy atom. The molecule has 0 spiro atoms. The highest BCUT2D eigenvalue weighted by atomic mass is 79.9. The van der Waals surface area contributed by atoms with Crippen LogP contribution in [0.4, 0.5) is 0 Å². The zero-order chi connectivity index (χ0) is 22.7. The van der Waals surface area contributed by atoms with E-state index in [0.29, 0.717) is 12.8 Å². The van der Waals surface area contributed by atoms with Crippen LogP contribution in [-0.4, -0.2) is 25.0 Å². The molecule has 1 amide bonds. The van der Waals surface area contributed by atoms with Crippen LogP contribution in [0.2, 0.25) is 0 Å². The Bertz CT molecular complexity index is 620. The normalized spacial score (nSPS) is 11.8. The van der Waals surface area contributed by atoms with Gasteiger partial charge in [0, 0.05) is 17.3 Å². The predicted octanol–water partition coefficient (Wildman–Crippen LogP) is 7.13. The Morgan fingerprint density at radius 1 is 0.903 bits per heavy atom. The molecule has 0 radical (unpaired) electrons. The number of unbranched alkanes of at least 4 members (excludes halogenated alkanes) is 12. The Morgan fingerprint density at radius 2 is 1.45 bits per heavy atom. The van der Waals surface area contributed by atoms with E-state index in [1.807, 2.05) is 24.3 Å². The molecule has 0 saturated carbocycles. The summed E-state index contributed by atoms with van der Waals surface area (Å²) in [6.45, 7) is 2.26. The number of amides is 1. The fourth-order valence-electron chi connectivity index (χ4n) is 3.81. The van der Waals surface area contributed by atoms with Crippen LogP contribution < -0.4 is 5.32 Å². The number of nitrogens with one attached hydrogen (secondary N) is 1. The summed E-state index contributed by atoms with van der Waals surface area (Å²) in [4.78, 5) is 24.4. The molecule has 1 rings (SSSR count). The molecule has 0 aliphatic rings. The number of carbonyl (C=O) groups is 2. The van der Waals surface area contributed by atoms with Gasteiger partial charge in [-0.25, -0.2) is 4.79 Å². The summed E-state index contributed by atoms with van der Waals surface area (Å²) in [5, 5.41) is 2.85. The van der Waals surface area contributed by atoms with Crippen molar-refractivity contribution in [3.8, 4) is 0 Å². The molecule has 0 aliphatic heterocycles. The van der Waals surface area contributed by atoms with Crippen LogP contribution in [0.5, 0.6) is 0 Å². The molecule has 1 aromatic carbocycles. The Kier molecular flexibility index (Phi) is 16.3. The van der Waals surface area contributed by atoms with E-state index in [4.69, 9.17) is 4.74 Å². The average molecular weight is 497 g/mol. The van der Waals surface area contributed by atoms with Crippen molar-refractivity contribution in [3.05, 3.63) is 34.3 Å². The summed E-state index contributed by atoms with van der Waals surface area (Å²) in [7, 11) is 1.36. The zero-order valence-corrected chi connectivity index (χ0v) is 21.2. The summed E-state index contributed by atoms with van der Waals surface area (Å²) < 4.78 is 5.82. The van der Waals surface area contributed by atoms with Crippen molar-refractivity contribution in [2.45, 2.75) is 109 Å². The molecule has 5 heteroatoms. The molecule has 0 fully saturated rings. The van der Waals surface area contributed by atoms with Crippen LogP contribution in [0.15, 0.2) is 28.7 Å². The monoisotopic (exact) mass is 495 g/mol. The van der Waals surface area contributed by atoms with Crippen LogP contribution in [-0.2, 0) is 20.7 Å². The fraction of sp³-hybridized carbons (Fsp3) is 0.692. The van der Waals surface area contributed by atoms with Gasteiger partial charge in [0.05, 0.1) is 7.11 Å². The molecule has 31 heavy (non-hydrogen) atoms. The number of hydrogen-bond acceptors (Lipinski definition) is 3. The highest BCUT2D eigenvalue weighted by Gasteiger charge is 2.21. The van der Waals surface area contributed by atoms with Crippen LogP contribution in [0.25, 0.3) is 0 Å². The van der Waals surface area contributed by atoms with Crippen molar-refractivity contribution in [2.75, 3.05) is 7.11 Å². The van der Waals surface area contributed by atoms with Gasteiger partial charge in [0.25, 0.3) is 0 Å². The van der Waals surface area contributed by atoms with Crippen molar-refractivity contribution >= 4 is 27.8 Å². The highest BCUT2D eigenvalue weighted by molar-refractivity contribution is 9.10. The first kappa shape index (κ1) is 27.7. The minimum atomic E-state index is -0.645. The SMILES string of the molecule is CCCCCCCCCCCCCCCC(=O)N[C@@H](Cc1cccc(Br)c1)C(=O)OC. The maximum absolute atomic E-state index is 12.3. The maximum atomic E-state index is 12.3. The van der Waals surface area contributed by atoms with Gasteiger partial charge in [0.15, 0.2) is 0 Å². The molecule has 4 nitrogen and oxygen atoms in total. The van der Waals surface area contributed by atoms with Crippen LogP contribution in [0.3, 0.4) is 0 Å². The number of hydrogen-bond donors (Lipinski definition) is 1. The van der Waals surface area contributed by atoms with Gasteiger partial charge in [0.2, 0.25) is 5.91 Å². The van der Waals surface area contributed by atoms with Crippen molar-refractivity contribution in [2.24, 2.45) is 0 Å². The minimum absolute atomic E-state index is 0.0755. The van der Waals surface area contributed by atoms with Gasteiger partial charge in [-0.15, -0.1) is 0 Å². The van der Waals surface area contributed by atoms with Gasteiger partial charge in [0.1, 0.15) is 6.04 Å². The maximum Gasteiger partial charge on any atom is 0.328 e. The van der Waals surface area contributed by atoms with Gasteiger partial charge < -0.3 is 10.1 Å². The molecule has 0 heterocycles. The first-order valence-corrected chi connectivity index (χ1v) is 13.0. The second-order valence-corrected chi connectivity index (χ2v) is 9.39. The largest absolute Gasteiger partial charge is 0.467 e. The quantitative estimate of drug-likeness (QED) is 0.174. The smallest absolute Gasteiger partial charge is 0.328 e. The lowest BCUT2D eigenvalue weighted by molar-refractivity contribution is -0.145. The number of benzene rings is 1. The first-order valence-electron chi connectivity index (χ1n) is 12.2. The van der Waals surface area contributed by atoms with E-state index in [1.54, 1.807) is 0 Å². The Labute approximate surface area is 198 Å². The van der Waals surface area contributed by atoms with Gasteiger partial charge in [-0.2, -0.15) is 0 Å². The van der Waals surface area contributed by atoms with Crippen molar-refractivity contribution < 1.29 is 14.3 Å². The summed E-state index contributed by atoms with van der Waals surface area (Å²) in [6.07, 6.45) is 17.5. The standard InChI is InChI=1S/C26H42BrNO3/c1-3-4-5-6-7-8-9-10-11-12-13-14-15-19-25(29)28-24(26(30)31-2)21-22-17-16-18-23(27)20-22/h16-18,20,24H,3-15,19,21H2,1-2H3,(H,28,29)/t24-/m0/s1. The van der Waals surface area contributed by atoms with Gasteiger partial charge >= 0.3 is 5.97 Å². The van der Waals surface area contributed by atoms with E-state index >= 15 is 0 Å². The van der Waals surface area contributed by atoms with Crippen molar-refractivity contribution in [1.29, 1.82) is 0 Å². The molecule has 0 aliphatic carbocycles. The topological polar surface area (TPSA) is 55.4 Å². The third kappa shape index (κ3) is 14.3. The fourth-order valence-corrected chi connectivity index (χ4v) is 4.25. The minimum Gasteiger partial charge on any atom is -0.467 e. The summed E-state index contributed by atoms with van der Waals surface area (Å²) in [5.41, 5.74) is 0.978. The number of carbonyl (C=O) groups excluding carboxylic acids is 2. The molecule has 0 aromatic heterocycles. The van der Waals surface area contributed by atoms with Crippen molar-refractivity contribution in [3.63, 3.8) is 0 Å². The van der Waals surface area contributed by atoms with E-state index in [9.17, 15) is 9.59 Å². The van der Waals surface area contributed by atoms with Gasteiger partial charge in [-0.05, 0) is 24.1 Å². The number of ether oxygens (including phenoxy) is 1. The lowest BCUT2D eigenvalue weighted by Crippen LogP contribution is -2.43. The van der Waals surface area contributed by atoms with E-state index in [1.165, 1.54) is 77.7 Å². The molecule has 0 unspecified atom stereocenters. The molecule has 0 bridgehead atoms. The molecule has 0 saturated heterocycles. The predicted molar refractivity (Wildman–Crippen MR) is 132 cm³/mol. The third-order valence-corrected chi connectivity index (χ3v) is 6.15. The second-order valence-electron chi connectivity index (χ2n) is 8.47. The van der Waals surface area contributed by atoms with Gasteiger partial charge in [-0.3, -0.25) is 4.79 Å². The van der Waals surface area contributed by atoms with Crippen LogP contribution in [0, 0.1) is 0 Å². The van der Waals surface area contributed by atoms with E-state index in [-0.39, 0.29) is 5.91 Å². The third-order valence-electron chi connectivity index (χ3n) is 5.66. The highest BCUT2D eigenvalue weighted by Crippen LogP contribution is 2.15. The number of methoxy groups -OCH3 is 1. The molecular weight excluding hydrogens is 454 g/mol. The first-order chi connectivity index (χ1) is 15.1. The number of halogens is 1. The van der Waals surface area contributed by atoms with Gasteiger partial charge in [-0.1, -0.05) is 112 Å². The zero-order valence-electron chi connectivity index (χ0n) is 19.6. The summed E-state index contributed by atoms with van der Waals surface area (Å²) >= 11 is 3.44. The second kappa shape index (κ2) is 18.2. The number of rotatable bonds is 18. The average Bonchev–Trinajstić information content (AvgIpc) is 2.76. The summed E-state index contributed by atoms with van der Waals surface area (Å²) in [6, 6.07) is 7.11. The van der Waals surface area contributed by atoms with Crippen LogP contribution >= 0.6 is 15.9 Å². The number of esters is 1. The van der Waals surface area contributed by atoms with E-state index in [2.05, 4.69) is 28.2 Å². The lowest BCUT2D eigenvalue weighted by atomic mass is 10.0. The van der Waals surface area contributed by atoms with Crippen molar-refractivity contribution in [1.82, 2.24) is 5.32 Å².